The zero-order chi connectivity index (χ0) is 15.1. The number of aliphatic carboxylic acids is 1. The van der Waals surface area contributed by atoms with E-state index < -0.39 is 23.2 Å². The van der Waals surface area contributed by atoms with Crippen molar-refractivity contribution in [3.05, 3.63) is 11.3 Å². The Morgan fingerprint density at radius 1 is 1.45 bits per heavy atom. The number of amides is 2. The van der Waals surface area contributed by atoms with Crippen LogP contribution in [0.4, 0.5) is 4.79 Å². The molecule has 1 aliphatic heterocycles. The number of rotatable bonds is 7. The number of nitrogens with one attached hydrogen (secondary N) is 2. The van der Waals surface area contributed by atoms with E-state index in [0.717, 1.165) is 0 Å². The van der Waals surface area contributed by atoms with E-state index in [1.807, 2.05) is 0 Å². The Morgan fingerprint density at radius 3 is 2.70 bits per heavy atom. The summed E-state index contributed by atoms with van der Waals surface area (Å²) in [5.74, 6) is -1.16. The maximum Gasteiger partial charge on any atom is 0.337 e. The predicted molar refractivity (Wildman–Crippen MR) is 74.4 cm³/mol. The molecule has 8 heteroatoms. The molecule has 3 N–H and O–H groups in total. The van der Waals surface area contributed by atoms with Crippen molar-refractivity contribution in [2.24, 2.45) is 0 Å². The lowest BCUT2D eigenvalue weighted by molar-refractivity contribution is -0.139. The molecular weight excluding hydrogens is 284 g/mol. The highest BCUT2D eigenvalue weighted by Gasteiger charge is 2.25. The zero-order valence-corrected chi connectivity index (χ0v) is 12.2. The van der Waals surface area contributed by atoms with Gasteiger partial charge in [-0.15, -0.1) is 11.8 Å². The highest BCUT2D eigenvalue weighted by atomic mass is 32.2. The second kappa shape index (κ2) is 7.78. The van der Waals surface area contributed by atoms with Crippen LogP contribution < -0.4 is 10.6 Å². The molecule has 0 aromatic carbocycles. The van der Waals surface area contributed by atoms with Gasteiger partial charge in [-0.1, -0.05) is 6.92 Å². The summed E-state index contributed by atoms with van der Waals surface area (Å²) in [4.78, 5) is 34.0. The Morgan fingerprint density at radius 2 is 2.15 bits per heavy atom. The molecule has 0 bridgehead atoms. The van der Waals surface area contributed by atoms with Gasteiger partial charge in [0.25, 0.3) is 0 Å². The molecule has 0 aromatic heterocycles. The van der Waals surface area contributed by atoms with E-state index in [1.54, 1.807) is 13.8 Å². The van der Waals surface area contributed by atoms with Crippen LogP contribution in [0.2, 0.25) is 0 Å². The summed E-state index contributed by atoms with van der Waals surface area (Å²) in [5.41, 5.74) is 0.746. The summed E-state index contributed by atoms with van der Waals surface area (Å²) in [5, 5.41) is 13.4. The minimum Gasteiger partial charge on any atom is -0.480 e. The quantitative estimate of drug-likeness (QED) is 0.598. The molecule has 1 heterocycles. The molecule has 0 aliphatic carbocycles. The molecule has 1 aliphatic rings. The normalized spacial score (nSPS) is 16.2. The van der Waals surface area contributed by atoms with Crippen molar-refractivity contribution in [1.29, 1.82) is 0 Å². The number of hydrogen-bond donors (Lipinski definition) is 3. The second-order valence-electron chi connectivity index (χ2n) is 4.03. The monoisotopic (exact) mass is 302 g/mol. The second-order valence-corrected chi connectivity index (χ2v) is 5.22. The van der Waals surface area contributed by atoms with E-state index in [-0.39, 0.29) is 18.9 Å². The Bertz CT molecular complexity index is 436. The minimum atomic E-state index is -0.906. The van der Waals surface area contributed by atoms with Crippen molar-refractivity contribution in [3.8, 4) is 0 Å². The largest absolute Gasteiger partial charge is 0.480 e. The molecule has 7 nitrogen and oxygen atoms in total. The van der Waals surface area contributed by atoms with Gasteiger partial charge in [-0.3, -0.25) is 4.79 Å². The molecule has 0 radical (unpaired) electrons. The average Bonchev–Trinajstić information content (AvgIpc) is 2.39. The maximum absolute atomic E-state index is 11.8. The van der Waals surface area contributed by atoms with E-state index in [4.69, 9.17) is 9.84 Å². The number of carboxylic acid groups (broad SMARTS) is 1. The van der Waals surface area contributed by atoms with Crippen molar-refractivity contribution in [2.45, 2.75) is 25.5 Å². The van der Waals surface area contributed by atoms with Crippen molar-refractivity contribution < 1.29 is 24.2 Å². The third-order valence-corrected chi connectivity index (χ3v) is 4.04. The number of esters is 1. The number of carbonyl (C=O) groups is 3. The Kier molecular flexibility index (Phi) is 6.37. The molecule has 1 unspecified atom stereocenters. The number of carboxylic acids is 1. The molecule has 0 fully saturated rings. The lowest BCUT2D eigenvalue weighted by Gasteiger charge is -2.22. The van der Waals surface area contributed by atoms with Gasteiger partial charge in [0.2, 0.25) is 0 Å². The van der Waals surface area contributed by atoms with Gasteiger partial charge < -0.3 is 20.5 Å². The fraction of sp³-hybridized carbons (Fsp3) is 0.583. The summed E-state index contributed by atoms with van der Waals surface area (Å²) in [6, 6.07) is -0.406. The first kappa shape index (κ1) is 16.4. The van der Waals surface area contributed by atoms with Crippen molar-refractivity contribution in [1.82, 2.24) is 10.6 Å². The first-order valence-electron chi connectivity index (χ1n) is 6.27. The number of urea groups is 1. The van der Waals surface area contributed by atoms with Crippen molar-refractivity contribution >= 4 is 29.7 Å². The fourth-order valence-electron chi connectivity index (χ4n) is 1.62. The smallest absolute Gasteiger partial charge is 0.337 e. The Labute approximate surface area is 121 Å². The summed E-state index contributed by atoms with van der Waals surface area (Å²) in [6.45, 7) is 3.79. The van der Waals surface area contributed by atoms with Gasteiger partial charge in [0, 0.05) is 11.4 Å². The van der Waals surface area contributed by atoms with E-state index >= 15 is 0 Å². The van der Waals surface area contributed by atoms with Gasteiger partial charge in [-0.2, -0.15) is 0 Å². The standard InChI is InChI=1S/C12H18N2O5S/c1-3-9(10(15)16)20-6-8-7(11(17)19-4-2)5-13-12(18)14-8/h9H,3-6H2,1-2H3,(H,15,16)(H2,13,14,18). The van der Waals surface area contributed by atoms with Gasteiger partial charge >= 0.3 is 18.0 Å². The molecule has 2 amide bonds. The SMILES string of the molecule is CCOC(=O)C1=C(CSC(CC)C(=O)O)NC(=O)NC1. The molecule has 20 heavy (non-hydrogen) atoms. The zero-order valence-electron chi connectivity index (χ0n) is 11.4. The maximum atomic E-state index is 11.8. The van der Waals surface area contributed by atoms with E-state index in [1.165, 1.54) is 11.8 Å². The Balaban J connectivity index is 2.80. The molecular formula is C12H18N2O5S. The van der Waals surface area contributed by atoms with Crippen LogP contribution in [0.25, 0.3) is 0 Å². The van der Waals surface area contributed by atoms with Crippen LogP contribution in [-0.4, -0.2) is 47.2 Å². The number of hydrogen-bond acceptors (Lipinski definition) is 5. The van der Waals surface area contributed by atoms with Crippen LogP contribution in [0.3, 0.4) is 0 Å². The third-order valence-electron chi connectivity index (χ3n) is 2.65. The van der Waals surface area contributed by atoms with E-state index in [2.05, 4.69) is 10.6 Å². The molecule has 1 rings (SSSR count). The molecule has 0 aromatic rings. The van der Waals surface area contributed by atoms with Gasteiger partial charge in [0.1, 0.15) is 5.25 Å². The summed E-state index contributed by atoms with van der Waals surface area (Å²) in [6.07, 6.45) is 0.466. The van der Waals surface area contributed by atoms with Gasteiger partial charge in [-0.25, -0.2) is 9.59 Å². The van der Waals surface area contributed by atoms with Crippen molar-refractivity contribution in [2.75, 3.05) is 18.9 Å². The summed E-state index contributed by atoms with van der Waals surface area (Å²) >= 11 is 1.17. The van der Waals surface area contributed by atoms with Gasteiger partial charge in [0.05, 0.1) is 18.7 Å². The Hall–Kier alpha value is -1.70. The lowest BCUT2D eigenvalue weighted by Crippen LogP contribution is -2.44. The minimum absolute atomic E-state index is 0.0877. The first-order chi connectivity index (χ1) is 9.49. The predicted octanol–water partition coefficient (Wildman–Crippen LogP) is 0.713. The highest BCUT2D eigenvalue weighted by Crippen LogP contribution is 2.20. The van der Waals surface area contributed by atoms with Crippen LogP contribution in [0.15, 0.2) is 11.3 Å². The highest BCUT2D eigenvalue weighted by molar-refractivity contribution is 8.00. The summed E-state index contributed by atoms with van der Waals surface area (Å²) in [7, 11) is 0. The third kappa shape index (κ3) is 4.44. The molecule has 0 saturated heterocycles. The average molecular weight is 302 g/mol. The van der Waals surface area contributed by atoms with Crippen LogP contribution in [0.1, 0.15) is 20.3 Å². The van der Waals surface area contributed by atoms with Gasteiger partial charge in [0.15, 0.2) is 0 Å². The molecule has 0 saturated carbocycles. The van der Waals surface area contributed by atoms with Crippen LogP contribution in [-0.2, 0) is 14.3 Å². The van der Waals surface area contributed by atoms with E-state index in [0.29, 0.717) is 17.7 Å². The fourth-order valence-corrected chi connectivity index (χ4v) is 2.61. The lowest BCUT2D eigenvalue weighted by atomic mass is 10.2. The van der Waals surface area contributed by atoms with Crippen molar-refractivity contribution in [3.63, 3.8) is 0 Å². The molecule has 1 atom stereocenters. The number of thioether (sulfide) groups is 1. The number of ether oxygens (including phenoxy) is 1. The first-order valence-corrected chi connectivity index (χ1v) is 7.32. The van der Waals surface area contributed by atoms with E-state index in [9.17, 15) is 14.4 Å². The van der Waals surface area contributed by atoms with Gasteiger partial charge in [-0.05, 0) is 13.3 Å². The van der Waals surface area contributed by atoms with Crippen LogP contribution in [0, 0.1) is 0 Å². The molecule has 112 valence electrons. The van der Waals surface area contributed by atoms with Crippen LogP contribution in [0.5, 0.6) is 0 Å². The number of carbonyl (C=O) groups excluding carboxylic acids is 2. The topological polar surface area (TPSA) is 105 Å². The summed E-state index contributed by atoms with van der Waals surface area (Å²) < 4.78 is 4.91. The molecule has 0 spiro atoms. The van der Waals surface area contributed by atoms with Crippen LogP contribution >= 0.6 is 11.8 Å².